The van der Waals surface area contributed by atoms with Gasteiger partial charge in [-0.05, 0) is 37.3 Å². The summed E-state index contributed by atoms with van der Waals surface area (Å²) < 4.78 is 0. The van der Waals surface area contributed by atoms with Crippen molar-refractivity contribution in [3.05, 3.63) is 41.7 Å². The molecule has 0 bridgehead atoms. The number of hydrogen-bond acceptors (Lipinski definition) is 4. The molecular formula is C18H26N4. The van der Waals surface area contributed by atoms with Gasteiger partial charge in [-0.1, -0.05) is 39.0 Å². The number of aryl methyl sites for hydroxylation is 2. The summed E-state index contributed by atoms with van der Waals surface area (Å²) in [4.78, 5) is 8.65. The summed E-state index contributed by atoms with van der Waals surface area (Å²) in [7, 11) is 0. The Labute approximate surface area is 133 Å². The van der Waals surface area contributed by atoms with Crippen LogP contribution in [0.5, 0.6) is 0 Å². The lowest BCUT2D eigenvalue weighted by Crippen LogP contribution is -2.14. The number of nitrogens with zero attached hydrogens (tertiary/aromatic N) is 2. The van der Waals surface area contributed by atoms with Crippen molar-refractivity contribution in [2.45, 2.75) is 53.0 Å². The van der Waals surface area contributed by atoms with Crippen molar-refractivity contribution < 1.29 is 0 Å². The van der Waals surface area contributed by atoms with Gasteiger partial charge in [0.2, 0.25) is 0 Å². The van der Waals surface area contributed by atoms with Crippen molar-refractivity contribution in [3.63, 3.8) is 0 Å². The van der Waals surface area contributed by atoms with E-state index in [0.717, 1.165) is 30.9 Å². The molecule has 0 aliphatic rings. The van der Waals surface area contributed by atoms with Crippen LogP contribution < -0.4 is 10.6 Å². The van der Waals surface area contributed by atoms with Crippen molar-refractivity contribution in [1.29, 1.82) is 0 Å². The second-order valence-corrected chi connectivity index (χ2v) is 5.53. The third-order valence-corrected chi connectivity index (χ3v) is 3.93. The summed E-state index contributed by atoms with van der Waals surface area (Å²) in [5, 5.41) is 6.87. The Kier molecular flexibility index (Phi) is 5.75. The van der Waals surface area contributed by atoms with E-state index in [-0.39, 0.29) is 0 Å². The van der Waals surface area contributed by atoms with Crippen LogP contribution in [0.1, 0.15) is 45.2 Å². The average molecular weight is 298 g/mol. The van der Waals surface area contributed by atoms with Crippen LogP contribution in [0.4, 0.5) is 17.3 Å². The van der Waals surface area contributed by atoms with E-state index in [1.807, 2.05) is 6.07 Å². The Morgan fingerprint density at radius 2 is 1.64 bits per heavy atom. The van der Waals surface area contributed by atoms with Crippen LogP contribution >= 0.6 is 0 Å². The summed E-state index contributed by atoms with van der Waals surface area (Å²) in [6.45, 7) is 8.66. The predicted octanol–water partition coefficient (Wildman–Crippen LogP) is 4.56. The SMILES string of the molecule is CCc1cccc(CC)c1Nc1cc(NC(C)CC)ncn1. The lowest BCUT2D eigenvalue weighted by molar-refractivity contribution is 0.758. The molecule has 2 N–H and O–H groups in total. The molecule has 1 heterocycles. The van der Waals surface area contributed by atoms with E-state index in [9.17, 15) is 0 Å². The Hall–Kier alpha value is -2.10. The fraction of sp³-hybridized carbons (Fsp3) is 0.444. The van der Waals surface area contributed by atoms with Gasteiger partial charge < -0.3 is 10.6 Å². The van der Waals surface area contributed by atoms with Crippen molar-refractivity contribution >= 4 is 17.3 Å². The van der Waals surface area contributed by atoms with Gasteiger partial charge in [0.1, 0.15) is 18.0 Å². The number of benzene rings is 1. The molecule has 0 saturated heterocycles. The molecule has 4 heteroatoms. The van der Waals surface area contributed by atoms with Crippen molar-refractivity contribution in [2.24, 2.45) is 0 Å². The summed E-state index contributed by atoms with van der Waals surface area (Å²) in [6, 6.07) is 8.83. The summed E-state index contributed by atoms with van der Waals surface area (Å²) in [5.41, 5.74) is 3.81. The maximum atomic E-state index is 4.36. The van der Waals surface area contributed by atoms with E-state index < -0.39 is 0 Å². The molecule has 118 valence electrons. The molecule has 0 aliphatic carbocycles. The van der Waals surface area contributed by atoms with Crippen LogP contribution in [0, 0.1) is 0 Å². The fourth-order valence-corrected chi connectivity index (χ4v) is 2.39. The molecule has 0 saturated carbocycles. The highest BCUT2D eigenvalue weighted by Crippen LogP contribution is 2.26. The van der Waals surface area contributed by atoms with Gasteiger partial charge >= 0.3 is 0 Å². The zero-order chi connectivity index (χ0) is 15.9. The van der Waals surface area contributed by atoms with Crippen LogP contribution in [0.15, 0.2) is 30.6 Å². The highest BCUT2D eigenvalue weighted by atomic mass is 15.1. The third kappa shape index (κ3) is 3.97. The minimum Gasteiger partial charge on any atom is -0.367 e. The summed E-state index contributed by atoms with van der Waals surface area (Å²) in [6.07, 6.45) is 4.66. The van der Waals surface area contributed by atoms with Gasteiger partial charge in [0.25, 0.3) is 0 Å². The third-order valence-electron chi connectivity index (χ3n) is 3.93. The Bertz CT molecular complexity index is 588. The topological polar surface area (TPSA) is 49.8 Å². The number of rotatable bonds is 7. The van der Waals surface area contributed by atoms with E-state index >= 15 is 0 Å². The van der Waals surface area contributed by atoms with Crippen LogP contribution in [-0.4, -0.2) is 16.0 Å². The number of anilines is 3. The first-order chi connectivity index (χ1) is 10.7. The second-order valence-electron chi connectivity index (χ2n) is 5.53. The number of aromatic nitrogens is 2. The van der Waals surface area contributed by atoms with Crippen molar-refractivity contribution in [3.8, 4) is 0 Å². The molecule has 0 aliphatic heterocycles. The molecule has 2 aromatic rings. The van der Waals surface area contributed by atoms with Crippen LogP contribution in [0.3, 0.4) is 0 Å². The van der Waals surface area contributed by atoms with Crippen molar-refractivity contribution in [2.75, 3.05) is 10.6 Å². The second kappa shape index (κ2) is 7.78. The van der Waals surface area contributed by atoms with Gasteiger partial charge in [-0.3, -0.25) is 0 Å². The number of hydrogen-bond donors (Lipinski definition) is 2. The number of nitrogens with one attached hydrogen (secondary N) is 2. The standard InChI is InChI=1S/C18H26N4/c1-5-13(4)21-16-11-17(20-12-19-16)22-18-14(6-2)9-8-10-15(18)7-3/h8-13H,5-7H2,1-4H3,(H2,19,20,21,22). The van der Waals surface area contributed by atoms with Gasteiger partial charge in [-0.15, -0.1) is 0 Å². The Balaban J connectivity index is 2.26. The van der Waals surface area contributed by atoms with Gasteiger partial charge in [0, 0.05) is 17.8 Å². The van der Waals surface area contributed by atoms with E-state index in [4.69, 9.17) is 0 Å². The molecule has 22 heavy (non-hydrogen) atoms. The lowest BCUT2D eigenvalue weighted by Gasteiger charge is -2.16. The molecule has 1 atom stereocenters. The number of para-hydroxylation sites is 1. The van der Waals surface area contributed by atoms with Crippen LogP contribution in [-0.2, 0) is 12.8 Å². The first-order valence-corrected chi connectivity index (χ1v) is 8.14. The monoisotopic (exact) mass is 298 g/mol. The van der Waals surface area contributed by atoms with Crippen molar-refractivity contribution in [1.82, 2.24) is 9.97 Å². The van der Waals surface area contributed by atoms with E-state index in [1.165, 1.54) is 16.8 Å². The molecule has 0 radical (unpaired) electrons. The van der Waals surface area contributed by atoms with E-state index in [1.54, 1.807) is 6.33 Å². The molecule has 0 spiro atoms. The van der Waals surface area contributed by atoms with Gasteiger partial charge in [0.05, 0.1) is 0 Å². The van der Waals surface area contributed by atoms with E-state index in [2.05, 4.69) is 66.5 Å². The highest BCUT2D eigenvalue weighted by molar-refractivity contribution is 5.66. The molecule has 2 rings (SSSR count). The molecule has 1 unspecified atom stereocenters. The first kappa shape index (κ1) is 16.3. The zero-order valence-corrected chi connectivity index (χ0v) is 14.0. The zero-order valence-electron chi connectivity index (χ0n) is 14.0. The Morgan fingerprint density at radius 1 is 1.00 bits per heavy atom. The predicted molar refractivity (Wildman–Crippen MR) is 93.9 cm³/mol. The largest absolute Gasteiger partial charge is 0.367 e. The molecule has 0 amide bonds. The lowest BCUT2D eigenvalue weighted by atomic mass is 10.0. The highest BCUT2D eigenvalue weighted by Gasteiger charge is 2.08. The maximum Gasteiger partial charge on any atom is 0.135 e. The molecule has 0 fully saturated rings. The van der Waals surface area contributed by atoms with Gasteiger partial charge in [-0.25, -0.2) is 9.97 Å². The van der Waals surface area contributed by atoms with Gasteiger partial charge in [0.15, 0.2) is 0 Å². The average Bonchev–Trinajstić information content (AvgIpc) is 2.55. The van der Waals surface area contributed by atoms with Crippen LogP contribution in [0.2, 0.25) is 0 Å². The minimum atomic E-state index is 0.400. The quantitative estimate of drug-likeness (QED) is 0.787. The minimum absolute atomic E-state index is 0.400. The molecule has 1 aromatic carbocycles. The molecule has 1 aromatic heterocycles. The Morgan fingerprint density at radius 3 is 2.23 bits per heavy atom. The van der Waals surface area contributed by atoms with Crippen LogP contribution in [0.25, 0.3) is 0 Å². The normalized spacial score (nSPS) is 12.0. The maximum absolute atomic E-state index is 4.36. The van der Waals surface area contributed by atoms with Gasteiger partial charge in [-0.2, -0.15) is 0 Å². The first-order valence-electron chi connectivity index (χ1n) is 8.14. The summed E-state index contributed by atoms with van der Waals surface area (Å²) in [5.74, 6) is 1.69. The van der Waals surface area contributed by atoms with E-state index in [0.29, 0.717) is 6.04 Å². The fourth-order valence-electron chi connectivity index (χ4n) is 2.39. The molecule has 4 nitrogen and oxygen atoms in total. The summed E-state index contributed by atoms with van der Waals surface area (Å²) >= 11 is 0. The smallest absolute Gasteiger partial charge is 0.135 e. The molecular weight excluding hydrogens is 272 g/mol.